The first-order chi connectivity index (χ1) is 30.3. The molecule has 0 aliphatic carbocycles. The number of hydrogen-bond acceptors (Lipinski definition) is 10. The van der Waals surface area contributed by atoms with Crippen molar-refractivity contribution >= 4 is 11.9 Å². The van der Waals surface area contributed by atoms with Gasteiger partial charge in [0, 0.05) is 12.8 Å². The molecule has 4 N–H and O–H groups in total. The van der Waals surface area contributed by atoms with E-state index in [-0.39, 0.29) is 32.0 Å². The second-order valence-corrected chi connectivity index (χ2v) is 18.3. The Kier molecular flexibility index (Phi) is 40.9. The van der Waals surface area contributed by atoms with Crippen LogP contribution in [0, 0.1) is 0 Å². The molecule has 1 fully saturated rings. The van der Waals surface area contributed by atoms with Gasteiger partial charge in [-0.1, -0.05) is 212 Å². The molecule has 0 spiro atoms. The highest BCUT2D eigenvalue weighted by molar-refractivity contribution is 5.70. The Balaban J connectivity index is 2.22. The van der Waals surface area contributed by atoms with Crippen molar-refractivity contribution in [3.63, 3.8) is 0 Å². The summed E-state index contributed by atoms with van der Waals surface area (Å²) in [5.41, 5.74) is 0. The van der Waals surface area contributed by atoms with Gasteiger partial charge in [-0.15, -0.1) is 0 Å². The average molecular weight is 883 g/mol. The van der Waals surface area contributed by atoms with Gasteiger partial charge < -0.3 is 39.4 Å². The van der Waals surface area contributed by atoms with Crippen molar-refractivity contribution in [3.8, 4) is 0 Å². The first-order valence-corrected chi connectivity index (χ1v) is 26.3. The highest BCUT2D eigenvalue weighted by Gasteiger charge is 2.44. The average Bonchev–Trinajstić information content (AvgIpc) is 3.27. The minimum Gasteiger partial charge on any atom is -0.462 e. The molecule has 0 aromatic heterocycles. The van der Waals surface area contributed by atoms with Gasteiger partial charge >= 0.3 is 11.9 Å². The van der Waals surface area contributed by atoms with Gasteiger partial charge in [0.25, 0.3) is 0 Å². The zero-order valence-corrected chi connectivity index (χ0v) is 40.1. The molecule has 366 valence electrons. The third-order valence-corrected chi connectivity index (χ3v) is 12.4. The number of rotatable bonds is 45. The monoisotopic (exact) mass is 883 g/mol. The van der Waals surface area contributed by atoms with Gasteiger partial charge in [0.15, 0.2) is 12.4 Å². The molecule has 10 heteroatoms. The Bertz CT molecular complexity index is 1020. The number of unbranched alkanes of at least 4 members (excludes halogenated alkanes) is 32. The predicted octanol–water partition coefficient (Wildman–Crippen LogP) is 12.3. The van der Waals surface area contributed by atoms with Crippen molar-refractivity contribution in [1.29, 1.82) is 0 Å². The van der Waals surface area contributed by atoms with Crippen LogP contribution < -0.4 is 0 Å². The third-order valence-electron chi connectivity index (χ3n) is 12.4. The maximum atomic E-state index is 12.8. The van der Waals surface area contributed by atoms with E-state index in [9.17, 15) is 30.0 Å². The van der Waals surface area contributed by atoms with Crippen molar-refractivity contribution < 1.29 is 49.0 Å². The maximum Gasteiger partial charge on any atom is 0.306 e. The van der Waals surface area contributed by atoms with E-state index in [1.165, 1.54) is 167 Å². The minimum atomic E-state index is -1.59. The number of aliphatic hydroxyl groups excluding tert-OH is 4. The lowest BCUT2D eigenvalue weighted by molar-refractivity contribution is -0.305. The summed E-state index contributed by atoms with van der Waals surface area (Å²) in [7, 11) is 0. The van der Waals surface area contributed by atoms with E-state index in [1.807, 2.05) is 0 Å². The van der Waals surface area contributed by atoms with Crippen LogP contribution in [0.4, 0.5) is 0 Å². The van der Waals surface area contributed by atoms with E-state index in [4.69, 9.17) is 18.9 Å². The first kappa shape index (κ1) is 58.5. The molecule has 0 aromatic rings. The summed E-state index contributed by atoms with van der Waals surface area (Å²) >= 11 is 0. The van der Waals surface area contributed by atoms with E-state index in [0.29, 0.717) is 6.42 Å². The van der Waals surface area contributed by atoms with Crippen LogP contribution in [0.25, 0.3) is 0 Å². The lowest BCUT2D eigenvalue weighted by Gasteiger charge is -2.39. The molecular formula is C52H98O10. The van der Waals surface area contributed by atoms with Gasteiger partial charge in [0.1, 0.15) is 31.0 Å². The summed E-state index contributed by atoms with van der Waals surface area (Å²) in [6.45, 7) is 3.45. The largest absolute Gasteiger partial charge is 0.462 e. The molecule has 6 atom stereocenters. The lowest BCUT2D eigenvalue weighted by atomic mass is 9.99. The number of allylic oxidation sites excluding steroid dienone is 2. The molecule has 0 radical (unpaired) electrons. The molecule has 0 saturated carbocycles. The number of carbonyl (C=O) groups is 2. The molecule has 62 heavy (non-hydrogen) atoms. The predicted molar refractivity (Wildman–Crippen MR) is 252 cm³/mol. The van der Waals surface area contributed by atoms with Gasteiger partial charge in [-0.2, -0.15) is 0 Å². The van der Waals surface area contributed by atoms with Gasteiger partial charge in [-0.25, -0.2) is 0 Å². The van der Waals surface area contributed by atoms with Crippen LogP contribution in [0.2, 0.25) is 0 Å². The molecular weight excluding hydrogens is 785 g/mol. The van der Waals surface area contributed by atoms with Gasteiger partial charge in [0.05, 0.1) is 13.2 Å². The number of carbonyl (C=O) groups excluding carboxylic acids is 2. The number of aliphatic hydroxyl groups is 4. The normalized spacial score (nSPS) is 19.6. The summed E-state index contributed by atoms with van der Waals surface area (Å²) in [6, 6.07) is 0. The SMILES string of the molecule is CCCCCCCC/C=C\CCCCCCCC(=O)OC(COC(=O)CCCCCCCCCCCCCCCCCCCCCCCC)COC1OC(CO)C(O)C(O)C1O. The van der Waals surface area contributed by atoms with Crippen LogP contribution in [0.3, 0.4) is 0 Å². The number of ether oxygens (including phenoxy) is 4. The quantitative estimate of drug-likeness (QED) is 0.0264. The minimum absolute atomic E-state index is 0.215. The van der Waals surface area contributed by atoms with Crippen molar-refractivity contribution in [3.05, 3.63) is 12.2 Å². The Morgan fingerprint density at radius 1 is 0.484 bits per heavy atom. The van der Waals surface area contributed by atoms with E-state index in [0.717, 1.165) is 51.4 Å². The van der Waals surface area contributed by atoms with Gasteiger partial charge in [0.2, 0.25) is 0 Å². The van der Waals surface area contributed by atoms with E-state index < -0.39 is 49.4 Å². The number of esters is 2. The fraction of sp³-hybridized carbons (Fsp3) is 0.923. The Labute approximate surface area is 380 Å². The van der Waals surface area contributed by atoms with Crippen LogP contribution in [-0.2, 0) is 28.5 Å². The zero-order valence-electron chi connectivity index (χ0n) is 40.1. The molecule has 1 aliphatic rings. The van der Waals surface area contributed by atoms with E-state index in [1.54, 1.807) is 0 Å². The summed E-state index contributed by atoms with van der Waals surface area (Å²) in [5.74, 6) is -0.801. The van der Waals surface area contributed by atoms with Crippen molar-refractivity contribution in [2.24, 2.45) is 0 Å². The summed E-state index contributed by atoms with van der Waals surface area (Å²) < 4.78 is 22.2. The van der Waals surface area contributed by atoms with Crippen LogP contribution in [0.5, 0.6) is 0 Å². The molecule has 1 rings (SSSR count). The maximum absolute atomic E-state index is 12.8. The Morgan fingerprint density at radius 2 is 0.855 bits per heavy atom. The summed E-state index contributed by atoms with van der Waals surface area (Å²) in [6.07, 6.45) is 40.8. The topological polar surface area (TPSA) is 152 Å². The first-order valence-electron chi connectivity index (χ1n) is 26.3. The smallest absolute Gasteiger partial charge is 0.306 e. The van der Waals surface area contributed by atoms with Gasteiger partial charge in [-0.3, -0.25) is 9.59 Å². The molecule has 6 unspecified atom stereocenters. The van der Waals surface area contributed by atoms with E-state index >= 15 is 0 Å². The van der Waals surface area contributed by atoms with E-state index in [2.05, 4.69) is 26.0 Å². The summed E-state index contributed by atoms with van der Waals surface area (Å²) in [4.78, 5) is 25.4. The number of hydrogen-bond donors (Lipinski definition) is 4. The third kappa shape index (κ3) is 33.9. The lowest BCUT2D eigenvalue weighted by Crippen LogP contribution is -2.59. The van der Waals surface area contributed by atoms with Crippen LogP contribution in [0.1, 0.15) is 251 Å². The van der Waals surface area contributed by atoms with Gasteiger partial charge in [-0.05, 0) is 38.5 Å². The fourth-order valence-corrected chi connectivity index (χ4v) is 8.24. The Hall–Kier alpha value is -1.56. The highest BCUT2D eigenvalue weighted by atomic mass is 16.7. The van der Waals surface area contributed by atoms with Crippen molar-refractivity contribution in [1.82, 2.24) is 0 Å². The molecule has 0 bridgehead atoms. The molecule has 1 heterocycles. The zero-order chi connectivity index (χ0) is 45.1. The van der Waals surface area contributed by atoms with Crippen LogP contribution in [-0.4, -0.2) is 89.0 Å². The molecule has 0 aromatic carbocycles. The van der Waals surface area contributed by atoms with Crippen molar-refractivity contribution in [2.75, 3.05) is 19.8 Å². The van der Waals surface area contributed by atoms with Crippen LogP contribution >= 0.6 is 0 Å². The summed E-state index contributed by atoms with van der Waals surface area (Å²) in [5, 5.41) is 40.2. The fourth-order valence-electron chi connectivity index (χ4n) is 8.24. The Morgan fingerprint density at radius 3 is 1.26 bits per heavy atom. The molecule has 1 saturated heterocycles. The second-order valence-electron chi connectivity index (χ2n) is 18.3. The molecule has 1 aliphatic heterocycles. The highest BCUT2D eigenvalue weighted by Crippen LogP contribution is 2.23. The van der Waals surface area contributed by atoms with Crippen molar-refractivity contribution in [2.45, 2.75) is 288 Å². The van der Waals surface area contributed by atoms with Crippen LogP contribution in [0.15, 0.2) is 12.2 Å². The second kappa shape index (κ2) is 43.3. The molecule has 10 nitrogen and oxygen atoms in total. The standard InChI is InChI=1S/C52H98O10/c1-3-5-7-9-11-13-15-17-19-20-21-22-23-24-25-27-28-30-32-34-36-38-40-47(54)59-43-45(44-60-52-51(58)50(57)49(56)46(42-53)62-52)61-48(55)41-39-37-35-33-31-29-26-18-16-14-12-10-8-6-4-2/h18,26,45-46,49-53,56-58H,3-17,19-25,27-44H2,1-2H3/b26-18-. The molecule has 0 amide bonds.